The SMILES string of the molecule is CCc1nc2ncccn2c1-c1csc(Nc2c(Br)cc(OC)cc2Br)n1. The molecule has 9 heteroatoms. The van der Waals surface area contributed by atoms with Gasteiger partial charge in [0.1, 0.15) is 11.4 Å². The molecule has 0 aliphatic heterocycles. The highest BCUT2D eigenvalue weighted by Gasteiger charge is 2.17. The number of aryl methyl sites for hydroxylation is 1. The number of ether oxygens (including phenoxy) is 1. The Morgan fingerprint density at radius 1 is 1.22 bits per heavy atom. The minimum atomic E-state index is 0.688. The van der Waals surface area contributed by atoms with Crippen LogP contribution in [0.3, 0.4) is 0 Å². The third-order valence-corrected chi connectivity index (χ3v) is 6.05. The van der Waals surface area contributed by atoms with Gasteiger partial charge in [-0.3, -0.25) is 4.40 Å². The van der Waals surface area contributed by atoms with E-state index >= 15 is 0 Å². The van der Waals surface area contributed by atoms with Crippen LogP contribution in [0, 0.1) is 0 Å². The second-order valence-corrected chi connectivity index (χ2v) is 8.25. The van der Waals surface area contributed by atoms with E-state index in [-0.39, 0.29) is 0 Å². The summed E-state index contributed by atoms with van der Waals surface area (Å²) in [4.78, 5) is 13.7. The van der Waals surface area contributed by atoms with Crippen LogP contribution in [0.1, 0.15) is 12.6 Å². The molecule has 6 nitrogen and oxygen atoms in total. The normalized spacial score (nSPS) is 11.1. The van der Waals surface area contributed by atoms with Gasteiger partial charge in [0.05, 0.1) is 24.2 Å². The zero-order valence-electron chi connectivity index (χ0n) is 14.5. The summed E-state index contributed by atoms with van der Waals surface area (Å²) in [5, 5.41) is 6.19. The number of rotatable bonds is 5. The van der Waals surface area contributed by atoms with Crippen LogP contribution in [0.4, 0.5) is 10.8 Å². The fourth-order valence-electron chi connectivity index (χ4n) is 2.78. The molecule has 0 unspecified atom stereocenters. The molecule has 3 aromatic heterocycles. The van der Waals surface area contributed by atoms with Crippen LogP contribution in [-0.4, -0.2) is 26.5 Å². The van der Waals surface area contributed by atoms with Gasteiger partial charge in [-0.1, -0.05) is 6.92 Å². The van der Waals surface area contributed by atoms with Crippen LogP contribution in [-0.2, 0) is 6.42 Å². The average Bonchev–Trinajstić information content (AvgIpc) is 3.27. The van der Waals surface area contributed by atoms with Gasteiger partial charge in [0, 0.05) is 26.7 Å². The van der Waals surface area contributed by atoms with Crippen molar-refractivity contribution in [1.82, 2.24) is 19.4 Å². The molecule has 0 atom stereocenters. The van der Waals surface area contributed by atoms with Crippen molar-refractivity contribution >= 4 is 59.8 Å². The van der Waals surface area contributed by atoms with Gasteiger partial charge < -0.3 is 10.1 Å². The second kappa shape index (κ2) is 7.57. The molecule has 0 saturated heterocycles. The molecule has 3 heterocycles. The van der Waals surface area contributed by atoms with Gasteiger partial charge in [-0.25, -0.2) is 15.0 Å². The molecule has 27 heavy (non-hydrogen) atoms. The standard InChI is InChI=1S/C18H15Br2N5OS/c1-3-13-16(25-6-4-5-21-17(25)22-13)14-9-27-18(23-14)24-15-11(19)7-10(26-2)8-12(15)20/h4-9H,3H2,1-2H3,(H,23,24). The molecule has 0 radical (unpaired) electrons. The maximum Gasteiger partial charge on any atom is 0.234 e. The van der Waals surface area contributed by atoms with E-state index in [1.165, 1.54) is 0 Å². The van der Waals surface area contributed by atoms with E-state index in [2.05, 4.69) is 54.1 Å². The molecule has 0 aliphatic rings. The number of nitrogens with zero attached hydrogens (tertiary/aromatic N) is 4. The predicted molar refractivity (Wildman–Crippen MR) is 115 cm³/mol. The highest BCUT2D eigenvalue weighted by Crippen LogP contribution is 2.38. The second-order valence-electron chi connectivity index (χ2n) is 5.68. The number of hydrogen-bond donors (Lipinski definition) is 1. The number of imidazole rings is 1. The number of methoxy groups -OCH3 is 1. The summed E-state index contributed by atoms with van der Waals surface area (Å²) in [6.45, 7) is 2.09. The lowest BCUT2D eigenvalue weighted by atomic mass is 10.2. The van der Waals surface area contributed by atoms with E-state index in [4.69, 9.17) is 9.72 Å². The smallest absolute Gasteiger partial charge is 0.234 e. The van der Waals surface area contributed by atoms with Crippen molar-refractivity contribution in [2.24, 2.45) is 0 Å². The lowest BCUT2D eigenvalue weighted by molar-refractivity contribution is 0.414. The van der Waals surface area contributed by atoms with Gasteiger partial charge in [-0.05, 0) is 56.5 Å². The van der Waals surface area contributed by atoms with Crippen molar-refractivity contribution in [3.8, 4) is 17.1 Å². The number of halogens is 2. The van der Waals surface area contributed by atoms with Crippen molar-refractivity contribution in [2.75, 3.05) is 12.4 Å². The van der Waals surface area contributed by atoms with Gasteiger partial charge in [0.15, 0.2) is 5.13 Å². The molecule has 0 amide bonds. The Balaban J connectivity index is 1.71. The first-order chi connectivity index (χ1) is 13.1. The maximum absolute atomic E-state index is 5.28. The van der Waals surface area contributed by atoms with Gasteiger partial charge in [0.2, 0.25) is 5.78 Å². The summed E-state index contributed by atoms with van der Waals surface area (Å²) < 4.78 is 9.04. The number of nitrogens with one attached hydrogen (secondary N) is 1. The molecular weight excluding hydrogens is 494 g/mol. The maximum atomic E-state index is 5.28. The summed E-state index contributed by atoms with van der Waals surface area (Å²) in [7, 11) is 1.64. The van der Waals surface area contributed by atoms with Crippen LogP contribution in [0.15, 0.2) is 44.9 Å². The Kier molecular flexibility index (Phi) is 5.16. The Hall–Kier alpha value is -1.97. The number of thiazole rings is 1. The molecule has 138 valence electrons. The first-order valence-electron chi connectivity index (χ1n) is 8.18. The summed E-state index contributed by atoms with van der Waals surface area (Å²) >= 11 is 8.70. The van der Waals surface area contributed by atoms with E-state index in [1.807, 2.05) is 34.2 Å². The van der Waals surface area contributed by atoms with Crippen molar-refractivity contribution in [3.05, 3.63) is 50.6 Å². The molecular formula is C18H15Br2N5OS. The van der Waals surface area contributed by atoms with Gasteiger partial charge in [-0.15, -0.1) is 11.3 Å². The Bertz CT molecular complexity index is 1100. The third kappa shape index (κ3) is 3.46. The molecule has 0 spiro atoms. The average molecular weight is 509 g/mol. The van der Waals surface area contributed by atoms with Crippen molar-refractivity contribution in [2.45, 2.75) is 13.3 Å². The molecule has 0 fully saturated rings. The predicted octanol–water partition coefficient (Wildman–Crippen LogP) is 5.69. The summed E-state index contributed by atoms with van der Waals surface area (Å²) in [5.41, 5.74) is 3.74. The number of fused-ring (bicyclic) bond motifs is 1. The first-order valence-corrected chi connectivity index (χ1v) is 10.6. The van der Waals surface area contributed by atoms with Crippen LogP contribution in [0.5, 0.6) is 5.75 Å². The number of anilines is 2. The van der Waals surface area contributed by atoms with Crippen LogP contribution in [0.2, 0.25) is 0 Å². The van der Waals surface area contributed by atoms with Crippen LogP contribution < -0.4 is 10.1 Å². The highest BCUT2D eigenvalue weighted by molar-refractivity contribution is 9.11. The lowest BCUT2D eigenvalue weighted by Gasteiger charge is -2.10. The lowest BCUT2D eigenvalue weighted by Crippen LogP contribution is -1.95. The van der Waals surface area contributed by atoms with Crippen molar-refractivity contribution < 1.29 is 4.74 Å². The molecule has 0 saturated carbocycles. The Morgan fingerprint density at radius 2 is 2.00 bits per heavy atom. The fourth-order valence-corrected chi connectivity index (χ4v) is 4.83. The molecule has 4 rings (SSSR count). The topological polar surface area (TPSA) is 64.3 Å². The molecule has 1 N–H and O–H groups in total. The van der Waals surface area contributed by atoms with E-state index in [0.29, 0.717) is 5.78 Å². The number of benzene rings is 1. The minimum Gasteiger partial charge on any atom is -0.497 e. The summed E-state index contributed by atoms with van der Waals surface area (Å²) in [5.74, 6) is 1.46. The fraction of sp³-hybridized carbons (Fsp3) is 0.167. The minimum absolute atomic E-state index is 0.688. The monoisotopic (exact) mass is 507 g/mol. The Morgan fingerprint density at radius 3 is 2.70 bits per heavy atom. The van der Waals surface area contributed by atoms with Crippen molar-refractivity contribution in [3.63, 3.8) is 0 Å². The van der Waals surface area contributed by atoms with Crippen LogP contribution in [0.25, 0.3) is 17.2 Å². The summed E-state index contributed by atoms with van der Waals surface area (Å²) in [6.07, 6.45) is 4.53. The number of aromatic nitrogens is 4. The summed E-state index contributed by atoms with van der Waals surface area (Å²) in [6, 6.07) is 5.72. The largest absolute Gasteiger partial charge is 0.497 e. The van der Waals surface area contributed by atoms with Gasteiger partial charge in [0.25, 0.3) is 0 Å². The zero-order valence-corrected chi connectivity index (χ0v) is 18.5. The van der Waals surface area contributed by atoms with E-state index in [1.54, 1.807) is 24.6 Å². The van der Waals surface area contributed by atoms with Gasteiger partial charge >= 0.3 is 0 Å². The van der Waals surface area contributed by atoms with E-state index in [0.717, 1.165) is 49.0 Å². The molecule has 4 aromatic rings. The molecule has 1 aromatic carbocycles. The van der Waals surface area contributed by atoms with Gasteiger partial charge in [-0.2, -0.15) is 0 Å². The zero-order chi connectivity index (χ0) is 19.0. The van der Waals surface area contributed by atoms with E-state index in [9.17, 15) is 0 Å². The Labute approximate surface area is 176 Å². The quantitative estimate of drug-likeness (QED) is 0.375. The molecule has 0 aliphatic carbocycles. The first kappa shape index (κ1) is 18.4. The van der Waals surface area contributed by atoms with E-state index < -0.39 is 0 Å². The van der Waals surface area contributed by atoms with Crippen molar-refractivity contribution in [1.29, 1.82) is 0 Å². The molecule has 0 bridgehead atoms. The third-order valence-electron chi connectivity index (χ3n) is 4.04. The van der Waals surface area contributed by atoms with Crippen LogP contribution >= 0.6 is 43.2 Å². The highest BCUT2D eigenvalue weighted by atomic mass is 79.9. The number of hydrogen-bond acceptors (Lipinski definition) is 6.